The molecule has 0 aromatic carbocycles. The van der Waals surface area contributed by atoms with Gasteiger partial charge in [-0.15, -0.1) is 6.58 Å². The highest BCUT2D eigenvalue weighted by atomic mass is 16.4. The van der Waals surface area contributed by atoms with Crippen LogP contribution in [0.1, 0.15) is 13.8 Å². The predicted octanol–water partition coefficient (Wildman–Crippen LogP) is 0.967. The van der Waals surface area contributed by atoms with Crippen molar-refractivity contribution in [2.24, 2.45) is 0 Å². The Balaban J connectivity index is 3.88. The summed E-state index contributed by atoms with van der Waals surface area (Å²) in [6.07, 6.45) is 1.71. The topological polar surface area (TPSA) is 40.5 Å². The van der Waals surface area contributed by atoms with Crippen molar-refractivity contribution in [3.8, 4) is 0 Å². The summed E-state index contributed by atoms with van der Waals surface area (Å²) >= 11 is 0. The third-order valence-corrected chi connectivity index (χ3v) is 1.43. The normalized spacial score (nSPS) is 10.5. The average Bonchev–Trinajstić information content (AvgIpc) is 1.86. The summed E-state index contributed by atoms with van der Waals surface area (Å²) in [7, 11) is 0. The van der Waals surface area contributed by atoms with Gasteiger partial charge in [0.25, 0.3) is 0 Å². The molecule has 0 radical (unpaired) electrons. The van der Waals surface area contributed by atoms with Crippen LogP contribution in [0.3, 0.4) is 0 Å². The summed E-state index contributed by atoms with van der Waals surface area (Å²) < 4.78 is 0. The minimum absolute atomic E-state index is 0.0870. The van der Waals surface area contributed by atoms with Crippen LogP contribution in [0.25, 0.3) is 0 Å². The summed E-state index contributed by atoms with van der Waals surface area (Å²) in [5, 5.41) is 8.48. The Morgan fingerprint density at radius 1 is 1.73 bits per heavy atom. The van der Waals surface area contributed by atoms with E-state index in [-0.39, 0.29) is 12.6 Å². The van der Waals surface area contributed by atoms with Gasteiger partial charge in [-0.05, 0) is 13.8 Å². The Hall–Kier alpha value is -0.830. The third kappa shape index (κ3) is 4.56. The van der Waals surface area contributed by atoms with E-state index in [1.807, 2.05) is 18.7 Å². The molecular formula is C8H15NO2. The standard InChI is InChI=1S/C8H15NO2/c1-4-5-9(7(2)3)6-8(10)11/h4,7H,1,5-6H2,2-3H3,(H,10,11). The van der Waals surface area contributed by atoms with Crippen molar-refractivity contribution in [1.82, 2.24) is 4.90 Å². The van der Waals surface area contributed by atoms with Crippen LogP contribution >= 0.6 is 0 Å². The second-order valence-corrected chi connectivity index (χ2v) is 2.71. The quantitative estimate of drug-likeness (QED) is 0.604. The molecule has 0 amide bonds. The number of carbonyl (C=O) groups is 1. The van der Waals surface area contributed by atoms with E-state index in [0.29, 0.717) is 6.54 Å². The minimum atomic E-state index is -0.791. The van der Waals surface area contributed by atoms with Crippen LogP contribution in [0.2, 0.25) is 0 Å². The van der Waals surface area contributed by atoms with Gasteiger partial charge in [0.1, 0.15) is 0 Å². The van der Waals surface area contributed by atoms with Crippen LogP contribution in [-0.4, -0.2) is 35.1 Å². The van der Waals surface area contributed by atoms with E-state index in [4.69, 9.17) is 5.11 Å². The lowest BCUT2D eigenvalue weighted by molar-refractivity contribution is -0.138. The number of carboxylic acid groups (broad SMARTS) is 1. The zero-order chi connectivity index (χ0) is 8.85. The molecular weight excluding hydrogens is 142 g/mol. The van der Waals surface area contributed by atoms with Crippen molar-refractivity contribution in [3.05, 3.63) is 12.7 Å². The fraction of sp³-hybridized carbons (Fsp3) is 0.625. The van der Waals surface area contributed by atoms with Crippen LogP contribution in [0.15, 0.2) is 12.7 Å². The highest BCUT2D eigenvalue weighted by Crippen LogP contribution is 1.96. The maximum atomic E-state index is 10.3. The highest BCUT2D eigenvalue weighted by Gasteiger charge is 2.10. The second-order valence-electron chi connectivity index (χ2n) is 2.71. The first-order chi connectivity index (χ1) is 5.07. The average molecular weight is 157 g/mol. The van der Waals surface area contributed by atoms with Crippen LogP contribution < -0.4 is 0 Å². The minimum Gasteiger partial charge on any atom is -0.480 e. The van der Waals surface area contributed by atoms with Crippen molar-refractivity contribution in [2.45, 2.75) is 19.9 Å². The zero-order valence-corrected chi connectivity index (χ0v) is 7.08. The SMILES string of the molecule is C=CCN(CC(=O)O)C(C)C. The highest BCUT2D eigenvalue weighted by molar-refractivity contribution is 5.69. The smallest absolute Gasteiger partial charge is 0.317 e. The Bertz CT molecular complexity index is 143. The van der Waals surface area contributed by atoms with E-state index >= 15 is 0 Å². The van der Waals surface area contributed by atoms with Gasteiger partial charge < -0.3 is 5.11 Å². The first-order valence-electron chi connectivity index (χ1n) is 3.64. The molecule has 0 spiro atoms. The molecule has 0 fully saturated rings. The summed E-state index contributed by atoms with van der Waals surface area (Å²) in [6.45, 7) is 8.20. The molecule has 0 aliphatic rings. The Kier molecular flexibility index (Phi) is 4.54. The lowest BCUT2D eigenvalue weighted by atomic mass is 10.3. The molecule has 0 bridgehead atoms. The molecule has 0 aromatic rings. The molecule has 1 N–H and O–H groups in total. The van der Waals surface area contributed by atoms with Gasteiger partial charge in [-0.25, -0.2) is 0 Å². The van der Waals surface area contributed by atoms with Crippen LogP contribution in [-0.2, 0) is 4.79 Å². The van der Waals surface area contributed by atoms with E-state index < -0.39 is 5.97 Å². The van der Waals surface area contributed by atoms with Crippen molar-refractivity contribution in [2.75, 3.05) is 13.1 Å². The molecule has 0 rings (SSSR count). The van der Waals surface area contributed by atoms with Gasteiger partial charge in [0.05, 0.1) is 6.54 Å². The molecule has 0 aliphatic carbocycles. The first-order valence-corrected chi connectivity index (χ1v) is 3.64. The summed E-state index contributed by atoms with van der Waals surface area (Å²) in [4.78, 5) is 12.1. The van der Waals surface area contributed by atoms with Gasteiger partial charge in [0.15, 0.2) is 0 Å². The predicted molar refractivity (Wildman–Crippen MR) is 44.5 cm³/mol. The number of carboxylic acids is 1. The molecule has 64 valence electrons. The fourth-order valence-electron chi connectivity index (χ4n) is 0.798. The Labute approximate surface area is 67.3 Å². The van der Waals surface area contributed by atoms with Gasteiger partial charge in [-0.1, -0.05) is 6.08 Å². The largest absolute Gasteiger partial charge is 0.480 e. The molecule has 3 nitrogen and oxygen atoms in total. The lowest BCUT2D eigenvalue weighted by Gasteiger charge is -2.22. The summed E-state index contributed by atoms with van der Waals surface area (Å²) in [5.74, 6) is -0.791. The number of hydrogen-bond acceptors (Lipinski definition) is 2. The molecule has 0 aromatic heterocycles. The number of nitrogens with zero attached hydrogens (tertiary/aromatic N) is 1. The molecule has 11 heavy (non-hydrogen) atoms. The van der Waals surface area contributed by atoms with Crippen LogP contribution in [0.5, 0.6) is 0 Å². The van der Waals surface area contributed by atoms with E-state index in [2.05, 4.69) is 6.58 Å². The van der Waals surface area contributed by atoms with Crippen molar-refractivity contribution >= 4 is 5.97 Å². The maximum Gasteiger partial charge on any atom is 0.317 e. The van der Waals surface area contributed by atoms with E-state index in [9.17, 15) is 4.79 Å². The first kappa shape index (κ1) is 10.2. The zero-order valence-electron chi connectivity index (χ0n) is 7.08. The molecule has 0 heterocycles. The van der Waals surface area contributed by atoms with Crippen LogP contribution in [0, 0.1) is 0 Å². The number of aliphatic carboxylic acids is 1. The number of hydrogen-bond donors (Lipinski definition) is 1. The van der Waals surface area contributed by atoms with Gasteiger partial charge in [-0.3, -0.25) is 9.69 Å². The maximum absolute atomic E-state index is 10.3. The monoisotopic (exact) mass is 157 g/mol. The molecule has 0 unspecified atom stereocenters. The van der Waals surface area contributed by atoms with Crippen molar-refractivity contribution in [3.63, 3.8) is 0 Å². The van der Waals surface area contributed by atoms with E-state index in [1.165, 1.54) is 0 Å². The Morgan fingerprint density at radius 3 is 2.55 bits per heavy atom. The second kappa shape index (κ2) is 4.91. The van der Waals surface area contributed by atoms with E-state index in [0.717, 1.165) is 0 Å². The summed E-state index contributed by atoms with van der Waals surface area (Å²) in [6, 6.07) is 0.254. The van der Waals surface area contributed by atoms with Crippen molar-refractivity contribution < 1.29 is 9.90 Å². The molecule has 0 atom stereocenters. The van der Waals surface area contributed by atoms with Gasteiger partial charge in [0.2, 0.25) is 0 Å². The van der Waals surface area contributed by atoms with Gasteiger partial charge in [-0.2, -0.15) is 0 Å². The lowest BCUT2D eigenvalue weighted by Crippen LogP contribution is -2.35. The summed E-state index contributed by atoms with van der Waals surface area (Å²) in [5.41, 5.74) is 0. The van der Waals surface area contributed by atoms with Gasteiger partial charge in [0, 0.05) is 12.6 Å². The molecule has 0 saturated carbocycles. The fourth-order valence-corrected chi connectivity index (χ4v) is 0.798. The Morgan fingerprint density at radius 2 is 2.27 bits per heavy atom. The molecule has 0 aliphatic heterocycles. The van der Waals surface area contributed by atoms with E-state index in [1.54, 1.807) is 6.08 Å². The van der Waals surface area contributed by atoms with Gasteiger partial charge >= 0.3 is 5.97 Å². The third-order valence-electron chi connectivity index (χ3n) is 1.43. The molecule has 0 saturated heterocycles. The molecule has 3 heteroatoms. The number of rotatable bonds is 5. The van der Waals surface area contributed by atoms with Crippen molar-refractivity contribution in [1.29, 1.82) is 0 Å². The van der Waals surface area contributed by atoms with Crippen LogP contribution in [0.4, 0.5) is 0 Å².